The molecule has 0 fully saturated rings. The molecule has 124 valence electrons. The van der Waals surface area contributed by atoms with Crippen LogP contribution in [0.4, 0.5) is 5.95 Å². The second-order valence-electron chi connectivity index (χ2n) is 4.89. The van der Waals surface area contributed by atoms with Crippen molar-refractivity contribution in [1.82, 2.24) is 15.3 Å². The van der Waals surface area contributed by atoms with E-state index in [-0.39, 0.29) is 12.4 Å². The molecule has 0 atom stereocenters. The second kappa shape index (κ2) is 9.03. The van der Waals surface area contributed by atoms with E-state index < -0.39 is 0 Å². The predicted molar refractivity (Wildman–Crippen MR) is 108 cm³/mol. The van der Waals surface area contributed by atoms with Gasteiger partial charge in [0.15, 0.2) is 0 Å². The average Bonchev–Trinajstić information content (AvgIpc) is 3.06. The van der Waals surface area contributed by atoms with E-state index in [4.69, 9.17) is 0 Å². The number of anilines is 1. The zero-order chi connectivity index (χ0) is 15.4. The number of aromatic amines is 1. The number of aromatic nitrogens is 2. The van der Waals surface area contributed by atoms with Crippen molar-refractivity contribution in [2.24, 2.45) is 0 Å². The van der Waals surface area contributed by atoms with Gasteiger partial charge in [0.05, 0.1) is 14.8 Å². The number of rotatable bonds is 7. The third kappa shape index (κ3) is 5.19. The van der Waals surface area contributed by atoms with Crippen molar-refractivity contribution in [3.05, 3.63) is 43.5 Å². The van der Waals surface area contributed by atoms with Crippen LogP contribution in [0.3, 0.4) is 0 Å². The van der Waals surface area contributed by atoms with E-state index in [0.29, 0.717) is 0 Å². The molecule has 0 saturated carbocycles. The van der Waals surface area contributed by atoms with Gasteiger partial charge in [0.25, 0.3) is 0 Å². The van der Waals surface area contributed by atoms with Crippen LogP contribution in [0.2, 0.25) is 0 Å². The summed E-state index contributed by atoms with van der Waals surface area (Å²) in [6.07, 6.45) is 1.05. The fraction of sp³-hybridized carbons (Fsp3) is 0.267. The molecule has 0 unspecified atom stereocenters. The first kappa shape index (κ1) is 18.7. The minimum Gasteiger partial charge on any atom is -0.356 e. The second-order valence-corrected chi connectivity index (χ2v) is 8.20. The molecule has 3 rings (SSSR count). The number of nitrogens with one attached hydrogen (secondary N) is 3. The minimum atomic E-state index is 0. The average molecular weight is 481 g/mol. The Morgan fingerprint density at radius 3 is 2.74 bits per heavy atom. The van der Waals surface area contributed by atoms with Gasteiger partial charge in [-0.15, -0.1) is 23.7 Å². The topological polar surface area (TPSA) is 52.7 Å². The molecule has 0 radical (unpaired) electrons. The summed E-state index contributed by atoms with van der Waals surface area (Å²) in [6.45, 7) is 2.77. The number of hydrogen-bond acceptors (Lipinski definition) is 4. The highest BCUT2D eigenvalue weighted by Crippen LogP contribution is 2.32. The highest BCUT2D eigenvalue weighted by molar-refractivity contribution is 9.13. The van der Waals surface area contributed by atoms with E-state index in [1.807, 2.05) is 24.3 Å². The highest BCUT2D eigenvalue weighted by atomic mass is 79.9. The van der Waals surface area contributed by atoms with Gasteiger partial charge >= 0.3 is 0 Å². The molecule has 0 saturated heterocycles. The van der Waals surface area contributed by atoms with E-state index in [0.717, 1.165) is 51.3 Å². The first-order valence-electron chi connectivity index (χ1n) is 7.05. The van der Waals surface area contributed by atoms with Crippen LogP contribution in [0.5, 0.6) is 0 Å². The lowest BCUT2D eigenvalue weighted by molar-refractivity contribution is 0.668. The van der Waals surface area contributed by atoms with Crippen LogP contribution in [0, 0.1) is 0 Å². The Balaban J connectivity index is 0.00000192. The number of halogens is 3. The van der Waals surface area contributed by atoms with Crippen LogP contribution in [0.1, 0.15) is 11.3 Å². The molecule has 2 aromatic heterocycles. The van der Waals surface area contributed by atoms with Crippen molar-refractivity contribution in [2.45, 2.75) is 13.0 Å². The molecule has 0 amide bonds. The molecule has 4 nitrogen and oxygen atoms in total. The van der Waals surface area contributed by atoms with Gasteiger partial charge in [0, 0.05) is 22.4 Å². The van der Waals surface area contributed by atoms with Gasteiger partial charge in [-0.2, -0.15) is 0 Å². The van der Waals surface area contributed by atoms with Gasteiger partial charge in [-0.3, -0.25) is 0 Å². The third-order valence-corrected chi connectivity index (χ3v) is 6.46. The first-order valence-corrected chi connectivity index (χ1v) is 9.45. The summed E-state index contributed by atoms with van der Waals surface area (Å²) in [6, 6.07) is 10.2. The molecule has 0 bridgehead atoms. The number of H-pyrrole nitrogens is 1. The van der Waals surface area contributed by atoms with Gasteiger partial charge in [0.2, 0.25) is 5.95 Å². The Bertz CT molecular complexity index is 706. The normalized spacial score (nSPS) is 10.7. The molecule has 0 aliphatic heterocycles. The lowest BCUT2D eigenvalue weighted by Gasteiger charge is -2.04. The number of imidazole rings is 1. The van der Waals surface area contributed by atoms with Crippen LogP contribution in [0.15, 0.2) is 38.6 Å². The minimum absolute atomic E-state index is 0. The number of nitrogens with zero attached hydrogens (tertiary/aromatic N) is 1. The quantitative estimate of drug-likeness (QED) is 0.409. The number of para-hydroxylation sites is 2. The third-order valence-electron chi connectivity index (χ3n) is 3.21. The maximum Gasteiger partial charge on any atom is 0.201 e. The van der Waals surface area contributed by atoms with Crippen LogP contribution < -0.4 is 10.6 Å². The van der Waals surface area contributed by atoms with Crippen LogP contribution >= 0.6 is 55.6 Å². The monoisotopic (exact) mass is 478 g/mol. The largest absolute Gasteiger partial charge is 0.356 e. The lowest BCUT2D eigenvalue weighted by atomic mass is 10.3. The van der Waals surface area contributed by atoms with Crippen molar-refractivity contribution in [3.63, 3.8) is 0 Å². The van der Waals surface area contributed by atoms with Crippen LogP contribution in [-0.4, -0.2) is 23.1 Å². The van der Waals surface area contributed by atoms with Gasteiger partial charge in [-0.05, 0) is 63.0 Å². The summed E-state index contributed by atoms with van der Waals surface area (Å²) in [5.41, 5.74) is 2.06. The molecule has 8 heteroatoms. The molecule has 3 N–H and O–H groups in total. The lowest BCUT2D eigenvalue weighted by Crippen LogP contribution is -2.17. The molecule has 3 aromatic rings. The fourth-order valence-electron chi connectivity index (χ4n) is 2.15. The predicted octanol–water partition coefficient (Wildman–Crippen LogP) is 5.16. The molecular weight excluding hydrogens is 464 g/mol. The van der Waals surface area contributed by atoms with E-state index >= 15 is 0 Å². The zero-order valence-electron chi connectivity index (χ0n) is 12.2. The summed E-state index contributed by atoms with van der Waals surface area (Å²) in [5, 5.41) is 6.78. The molecule has 0 aliphatic carbocycles. The first-order chi connectivity index (χ1) is 10.7. The van der Waals surface area contributed by atoms with Gasteiger partial charge < -0.3 is 15.6 Å². The van der Waals surface area contributed by atoms with E-state index in [9.17, 15) is 0 Å². The van der Waals surface area contributed by atoms with E-state index in [1.54, 1.807) is 11.3 Å². The SMILES string of the molecule is Brc1cc(CNCCCNc2nc3ccccc3[nH]2)sc1Br.Cl. The van der Waals surface area contributed by atoms with E-state index in [2.05, 4.69) is 58.5 Å². The maximum atomic E-state index is 4.49. The van der Waals surface area contributed by atoms with Crippen molar-refractivity contribution in [2.75, 3.05) is 18.4 Å². The summed E-state index contributed by atoms with van der Waals surface area (Å²) < 4.78 is 2.27. The Labute approximate surface area is 162 Å². The Hall–Kier alpha value is -0.600. The summed E-state index contributed by atoms with van der Waals surface area (Å²) in [7, 11) is 0. The number of benzene rings is 1. The standard InChI is InChI=1S/C15H16Br2N4S.ClH/c16-11-8-10(22-14(11)17)9-18-6-3-7-19-15-20-12-4-1-2-5-13(12)21-15;/h1-2,4-5,8,18H,3,6-7,9H2,(H2,19,20,21);1H. The Kier molecular flexibility index (Phi) is 7.36. The summed E-state index contributed by atoms with van der Waals surface area (Å²) in [4.78, 5) is 9.09. The Morgan fingerprint density at radius 1 is 1.17 bits per heavy atom. The van der Waals surface area contributed by atoms with Gasteiger partial charge in [-0.25, -0.2) is 4.98 Å². The molecule has 0 aliphatic rings. The van der Waals surface area contributed by atoms with Crippen molar-refractivity contribution < 1.29 is 0 Å². The van der Waals surface area contributed by atoms with Crippen LogP contribution in [0.25, 0.3) is 11.0 Å². The molecule has 1 aromatic carbocycles. The Morgan fingerprint density at radius 2 is 2.00 bits per heavy atom. The smallest absolute Gasteiger partial charge is 0.201 e. The van der Waals surface area contributed by atoms with Crippen molar-refractivity contribution in [1.29, 1.82) is 0 Å². The molecule has 2 heterocycles. The summed E-state index contributed by atoms with van der Waals surface area (Å²) >= 11 is 8.77. The van der Waals surface area contributed by atoms with Crippen molar-refractivity contribution in [3.8, 4) is 0 Å². The number of hydrogen-bond donors (Lipinski definition) is 3. The number of thiophene rings is 1. The summed E-state index contributed by atoms with van der Waals surface area (Å²) in [5.74, 6) is 0.840. The van der Waals surface area contributed by atoms with Gasteiger partial charge in [0.1, 0.15) is 0 Å². The van der Waals surface area contributed by atoms with Gasteiger partial charge in [-0.1, -0.05) is 12.1 Å². The molecule has 0 spiro atoms. The highest BCUT2D eigenvalue weighted by Gasteiger charge is 2.03. The maximum absolute atomic E-state index is 4.49. The zero-order valence-corrected chi connectivity index (χ0v) is 17.0. The fourth-order valence-corrected chi connectivity index (χ4v) is 4.29. The van der Waals surface area contributed by atoms with E-state index in [1.165, 1.54) is 4.88 Å². The van der Waals surface area contributed by atoms with Crippen molar-refractivity contribution >= 4 is 72.6 Å². The number of fused-ring (bicyclic) bond motifs is 1. The molecule has 23 heavy (non-hydrogen) atoms. The molecular formula is C15H17Br2ClN4S. The van der Waals surface area contributed by atoms with Crippen LogP contribution in [-0.2, 0) is 6.54 Å².